The van der Waals surface area contributed by atoms with Crippen molar-refractivity contribution in [1.82, 2.24) is 19.7 Å². The van der Waals surface area contributed by atoms with Gasteiger partial charge in [0.05, 0.1) is 10.6 Å². The number of amides is 2. The Balaban J connectivity index is 1.49. The van der Waals surface area contributed by atoms with Gasteiger partial charge in [-0.05, 0) is 23.6 Å². The number of primary amides is 2. The molecule has 8 nitrogen and oxygen atoms in total. The lowest BCUT2D eigenvalue weighted by atomic mass is 10.1. The summed E-state index contributed by atoms with van der Waals surface area (Å²) < 4.78 is 1.93. The van der Waals surface area contributed by atoms with E-state index in [1.807, 2.05) is 39.6 Å². The molecule has 0 unspecified atom stereocenters. The molecule has 0 aliphatic rings. The third-order valence-corrected chi connectivity index (χ3v) is 7.16. The number of thioether (sulfide) groups is 1. The Morgan fingerprint density at radius 2 is 1.87 bits per heavy atom. The first-order valence-corrected chi connectivity index (χ1v) is 12.0. The minimum Gasteiger partial charge on any atom is -0.370 e. The zero-order valence-electron chi connectivity index (χ0n) is 16.2. The second-order valence-electron chi connectivity index (χ2n) is 6.53. The summed E-state index contributed by atoms with van der Waals surface area (Å²) in [6.07, 6.45) is 0.214. The fourth-order valence-electron chi connectivity index (χ4n) is 2.83. The lowest BCUT2D eigenvalue weighted by molar-refractivity contribution is -0.118. The van der Waals surface area contributed by atoms with Gasteiger partial charge in [0, 0.05) is 35.2 Å². The van der Waals surface area contributed by atoms with Gasteiger partial charge in [-0.1, -0.05) is 30.0 Å². The molecule has 4 aromatic rings. The van der Waals surface area contributed by atoms with E-state index < -0.39 is 5.91 Å². The van der Waals surface area contributed by atoms with Crippen LogP contribution in [0.2, 0.25) is 0 Å². The Morgan fingerprint density at radius 1 is 1.06 bits per heavy atom. The van der Waals surface area contributed by atoms with Gasteiger partial charge in [-0.15, -0.1) is 32.9 Å². The molecule has 0 radical (unpaired) electrons. The highest BCUT2D eigenvalue weighted by Gasteiger charge is 2.16. The number of aromatic nitrogens is 4. The first-order chi connectivity index (χ1) is 15.0. The van der Waals surface area contributed by atoms with E-state index in [2.05, 4.69) is 15.2 Å². The fourth-order valence-corrected chi connectivity index (χ4v) is 5.33. The summed E-state index contributed by atoms with van der Waals surface area (Å²) in [5.41, 5.74) is 12.9. The second-order valence-corrected chi connectivity index (χ2v) is 9.27. The molecule has 0 atom stereocenters. The zero-order valence-corrected chi connectivity index (χ0v) is 18.7. The van der Waals surface area contributed by atoms with Crippen LogP contribution in [0.5, 0.6) is 0 Å². The Labute approximate surface area is 190 Å². The predicted octanol–water partition coefficient (Wildman–Crippen LogP) is 3.40. The molecule has 2 amide bonds. The standard InChI is InChI=1S/C20H18N6O2S3/c21-16(27)7-8-26-18(15-2-1-9-29-15)24-25-20(26)31-11-14-10-30-19(23-14)13-5-3-12(4-6-13)17(22)28/h1-6,9-10H,7-8,11H2,(H2,21,27)(H2,22,28). The molecule has 4 N–H and O–H groups in total. The van der Waals surface area contributed by atoms with Crippen LogP contribution >= 0.6 is 34.4 Å². The number of carbonyl (C=O) groups excluding carboxylic acids is 2. The van der Waals surface area contributed by atoms with Crippen molar-refractivity contribution < 1.29 is 9.59 Å². The van der Waals surface area contributed by atoms with Crippen molar-refractivity contribution in [1.29, 1.82) is 0 Å². The van der Waals surface area contributed by atoms with E-state index in [9.17, 15) is 9.59 Å². The molecule has 0 saturated heterocycles. The summed E-state index contributed by atoms with van der Waals surface area (Å²) in [5, 5.41) is 14.2. The Bertz CT molecular complexity index is 1200. The molecule has 0 fully saturated rings. The van der Waals surface area contributed by atoms with Crippen molar-refractivity contribution >= 4 is 46.2 Å². The Hall–Kier alpha value is -3.02. The lowest BCUT2D eigenvalue weighted by Gasteiger charge is -2.07. The van der Waals surface area contributed by atoms with Crippen molar-refractivity contribution in [3.63, 3.8) is 0 Å². The molecule has 0 aliphatic heterocycles. The molecule has 4 rings (SSSR count). The number of thiazole rings is 1. The molecule has 0 saturated carbocycles. The van der Waals surface area contributed by atoms with Gasteiger partial charge >= 0.3 is 0 Å². The van der Waals surface area contributed by atoms with Crippen LogP contribution in [0.25, 0.3) is 21.3 Å². The SMILES string of the molecule is NC(=O)CCn1c(SCc2csc(-c3ccc(C(N)=O)cc3)n2)nnc1-c1cccs1. The van der Waals surface area contributed by atoms with Crippen LogP contribution in [-0.4, -0.2) is 31.6 Å². The van der Waals surface area contributed by atoms with Gasteiger partial charge in [-0.25, -0.2) is 4.98 Å². The first-order valence-electron chi connectivity index (χ1n) is 9.24. The van der Waals surface area contributed by atoms with E-state index in [-0.39, 0.29) is 12.3 Å². The predicted molar refractivity (Wildman–Crippen MR) is 123 cm³/mol. The number of hydrogen-bond donors (Lipinski definition) is 2. The largest absolute Gasteiger partial charge is 0.370 e. The van der Waals surface area contributed by atoms with Crippen LogP contribution in [0, 0.1) is 0 Å². The van der Waals surface area contributed by atoms with Crippen molar-refractivity contribution in [2.75, 3.05) is 0 Å². The maximum atomic E-state index is 11.3. The molecule has 0 aliphatic carbocycles. The minimum absolute atomic E-state index is 0.214. The number of nitrogens with zero attached hydrogens (tertiary/aromatic N) is 4. The van der Waals surface area contributed by atoms with E-state index in [1.165, 1.54) is 23.1 Å². The maximum absolute atomic E-state index is 11.3. The highest BCUT2D eigenvalue weighted by atomic mass is 32.2. The van der Waals surface area contributed by atoms with Crippen LogP contribution in [0.4, 0.5) is 0 Å². The van der Waals surface area contributed by atoms with Crippen LogP contribution in [0.1, 0.15) is 22.5 Å². The average Bonchev–Trinajstić information content (AvgIpc) is 3.51. The van der Waals surface area contributed by atoms with Crippen LogP contribution < -0.4 is 11.5 Å². The van der Waals surface area contributed by atoms with Crippen molar-refractivity contribution in [3.8, 4) is 21.3 Å². The van der Waals surface area contributed by atoms with Gasteiger partial charge in [0.25, 0.3) is 0 Å². The number of hydrogen-bond acceptors (Lipinski definition) is 8. The molecule has 3 heterocycles. The number of benzene rings is 1. The van der Waals surface area contributed by atoms with Crippen molar-refractivity contribution in [2.24, 2.45) is 11.5 Å². The molecule has 0 spiro atoms. The summed E-state index contributed by atoms with van der Waals surface area (Å²) in [5.74, 6) is 0.514. The monoisotopic (exact) mass is 470 g/mol. The Morgan fingerprint density at radius 3 is 2.55 bits per heavy atom. The maximum Gasteiger partial charge on any atom is 0.248 e. The Kier molecular flexibility index (Phi) is 6.44. The molecular weight excluding hydrogens is 452 g/mol. The third-order valence-electron chi connectivity index (χ3n) is 4.36. The number of nitrogens with two attached hydrogens (primary N) is 2. The van der Waals surface area contributed by atoms with Crippen molar-refractivity contribution in [3.05, 3.63) is 58.4 Å². The molecule has 31 heavy (non-hydrogen) atoms. The van der Waals surface area contributed by atoms with Gasteiger partial charge in [-0.2, -0.15) is 0 Å². The van der Waals surface area contributed by atoms with Gasteiger partial charge < -0.3 is 16.0 Å². The van der Waals surface area contributed by atoms with Gasteiger partial charge in [0.2, 0.25) is 11.8 Å². The summed E-state index contributed by atoms with van der Waals surface area (Å²) in [6, 6.07) is 11.0. The zero-order chi connectivity index (χ0) is 21.8. The third kappa shape index (κ3) is 5.01. The van der Waals surface area contributed by atoms with Crippen LogP contribution in [0.3, 0.4) is 0 Å². The number of carbonyl (C=O) groups is 2. The van der Waals surface area contributed by atoms with Crippen LogP contribution in [0.15, 0.2) is 52.3 Å². The molecule has 11 heteroatoms. The lowest BCUT2D eigenvalue weighted by Crippen LogP contribution is -2.14. The number of thiophene rings is 1. The van der Waals surface area contributed by atoms with Crippen molar-refractivity contribution in [2.45, 2.75) is 23.9 Å². The normalized spacial score (nSPS) is 11.0. The molecule has 158 valence electrons. The topological polar surface area (TPSA) is 130 Å². The molecule has 0 bridgehead atoms. The van der Waals surface area contributed by atoms with E-state index in [1.54, 1.807) is 23.5 Å². The van der Waals surface area contributed by atoms with E-state index in [0.717, 1.165) is 27.0 Å². The van der Waals surface area contributed by atoms with E-state index in [0.29, 0.717) is 23.0 Å². The smallest absolute Gasteiger partial charge is 0.248 e. The minimum atomic E-state index is -0.454. The van der Waals surface area contributed by atoms with Gasteiger partial charge in [-0.3, -0.25) is 9.59 Å². The van der Waals surface area contributed by atoms with E-state index in [4.69, 9.17) is 11.5 Å². The second kappa shape index (κ2) is 9.41. The van der Waals surface area contributed by atoms with Gasteiger partial charge in [0.1, 0.15) is 5.01 Å². The highest BCUT2D eigenvalue weighted by molar-refractivity contribution is 7.98. The quantitative estimate of drug-likeness (QED) is 0.361. The number of rotatable bonds is 9. The molecule has 1 aromatic carbocycles. The fraction of sp³-hybridized carbons (Fsp3) is 0.150. The first kappa shape index (κ1) is 21.2. The molecular formula is C20H18N6O2S3. The average molecular weight is 471 g/mol. The summed E-state index contributed by atoms with van der Waals surface area (Å²) in [7, 11) is 0. The summed E-state index contributed by atoms with van der Waals surface area (Å²) in [4.78, 5) is 28.2. The highest BCUT2D eigenvalue weighted by Crippen LogP contribution is 2.31. The van der Waals surface area contributed by atoms with Crippen LogP contribution in [-0.2, 0) is 17.1 Å². The summed E-state index contributed by atoms with van der Waals surface area (Å²) in [6.45, 7) is 0.423. The molecule has 3 aromatic heterocycles. The van der Waals surface area contributed by atoms with Gasteiger partial charge in [0.15, 0.2) is 11.0 Å². The van der Waals surface area contributed by atoms with E-state index >= 15 is 0 Å². The summed E-state index contributed by atoms with van der Waals surface area (Å²) >= 11 is 4.61.